The van der Waals surface area contributed by atoms with Gasteiger partial charge in [0.2, 0.25) is 16.5 Å². The quantitative estimate of drug-likeness (QED) is 0.776. The highest BCUT2D eigenvalue weighted by atomic mass is 35.5. The summed E-state index contributed by atoms with van der Waals surface area (Å²) in [5.74, 6) is 2.23. The summed E-state index contributed by atoms with van der Waals surface area (Å²) in [4.78, 5) is 14.2. The number of rotatable bonds is 1. The van der Waals surface area contributed by atoms with Crippen LogP contribution in [0.5, 0.6) is 0 Å². The van der Waals surface area contributed by atoms with E-state index in [2.05, 4.69) is 19.9 Å². The molecule has 0 N–H and O–H groups in total. The summed E-state index contributed by atoms with van der Waals surface area (Å²) in [6.07, 6.45) is 4.02. The van der Waals surface area contributed by atoms with Gasteiger partial charge < -0.3 is 4.90 Å². The van der Waals surface area contributed by atoms with Crippen molar-refractivity contribution in [2.24, 2.45) is 11.8 Å². The van der Waals surface area contributed by atoms with Crippen molar-refractivity contribution in [3.8, 4) is 0 Å². The standard InChI is InChI=1S/C10H12Cl2N4/c11-8-13-9(12)15-10(14-8)16-4-6-2-1-3-7(6)5-16/h6-7H,1-5H2. The van der Waals surface area contributed by atoms with Gasteiger partial charge in [-0.05, 0) is 47.9 Å². The third-order valence-electron chi connectivity index (χ3n) is 3.58. The Morgan fingerprint density at radius 1 is 0.938 bits per heavy atom. The molecule has 1 aromatic rings. The number of anilines is 1. The molecule has 2 heterocycles. The molecular weight excluding hydrogens is 247 g/mol. The van der Waals surface area contributed by atoms with E-state index in [1.54, 1.807) is 0 Å². The molecular formula is C10H12Cl2N4. The minimum Gasteiger partial charge on any atom is -0.340 e. The Balaban J connectivity index is 1.83. The van der Waals surface area contributed by atoms with E-state index in [0.717, 1.165) is 24.9 Å². The van der Waals surface area contributed by atoms with Gasteiger partial charge in [-0.15, -0.1) is 0 Å². The fourth-order valence-corrected chi connectivity index (χ4v) is 3.21. The summed E-state index contributed by atoms with van der Waals surface area (Å²) in [5, 5.41) is 0.346. The number of aromatic nitrogens is 3. The first-order valence-corrected chi connectivity index (χ1v) is 6.30. The molecule has 3 rings (SSSR count). The van der Waals surface area contributed by atoms with E-state index in [1.165, 1.54) is 19.3 Å². The second-order valence-corrected chi connectivity index (χ2v) is 5.21. The first-order chi connectivity index (χ1) is 7.72. The second-order valence-electron chi connectivity index (χ2n) is 4.53. The van der Waals surface area contributed by atoms with Gasteiger partial charge in [-0.3, -0.25) is 0 Å². The Kier molecular flexibility index (Phi) is 2.64. The van der Waals surface area contributed by atoms with E-state index in [9.17, 15) is 0 Å². The minimum atomic E-state index is 0.173. The molecule has 6 heteroatoms. The highest BCUT2D eigenvalue weighted by Gasteiger charge is 2.37. The van der Waals surface area contributed by atoms with E-state index in [0.29, 0.717) is 5.95 Å². The van der Waals surface area contributed by atoms with Crippen LogP contribution in [-0.4, -0.2) is 28.0 Å². The fourth-order valence-electron chi connectivity index (χ4n) is 2.86. The molecule has 1 aliphatic carbocycles. The van der Waals surface area contributed by atoms with Crippen LogP contribution in [0, 0.1) is 11.8 Å². The molecule has 86 valence electrons. The molecule has 2 aliphatic rings. The number of fused-ring (bicyclic) bond motifs is 1. The van der Waals surface area contributed by atoms with Gasteiger partial charge >= 0.3 is 0 Å². The second kappa shape index (κ2) is 4.00. The summed E-state index contributed by atoms with van der Waals surface area (Å²) in [7, 11) is 0. The molecule has 1 saturated carbocycles. The number of hydrogen-bond acceptors (Lipinski definition) is 4. The molecule has 1 aliphatic heterocycles. The molecule has 1 saturated heterocycles. The maximum atomic E-state index is 5.78. The van der Waals surface area contributed by atoms with Crippen LogP contribution in [-0.2, 0) is 0 Å². The van der Waals surface area contributed by atoms with Crippen molar-refractivity contribution < 1.29 is 0 Å². The van der Waals surface area contributed by atoms with Gasteiger partial charge in [0, 0.05) is 13.1 Å². The smallest absolute Gasteiger partial charge is 0.230 e. The maximum absolute atomic E-state index is 5.78. The first kappa shape index (κ1) is 10.5. The Bertz CT molecular complexity index is 380. The Labute approximate surface area is 104 Å². The Hall–Kier alpha value is -0.610. The average Bonchev–Trinajstić information content (AvgIpc) is 2.74. The molecule has 2 fully saturated rings. The lowest BCUT2D eigenvalue weighted by molar-refractivity contribution is 0.494. The molecule has 2 atom stereocenters. The third-order valence-corrected chi connectivity index (χ3v) is 3.92. The highest BCUT2D eigenvalue weighted by Crippen LogP contribution is 2.38. The molecule has 0 bridgehead atoms. The van der Waals surface area contributed by atoms with Gasteiger partial charge in [0.1, 0.15) is 0 Å². The number of halogens is 2. The van der Waals surface area contributed by atoms with E-state index in [-0.39, 0.29) is 10.6 Å². The maximum Gasteiger partial charge on any atom is 0.230 e. The van der Waals surface area contributed by atoms with Crippen molar-refractivity contribution in [1.29, 1.82) is 0 Å². The van der Waals surface area contributed by atoms with Gasteiger partial charge in [0.25, 0.3) is 0 Å². The summed E-state index contributed by atoms with van der Waals surface area (Å²) in [5.41, 5.74) is 0. The predicted molar refractivity (Wildman–Crippen MR) is 62.9 cm³/mol. The van der Waals surface area contributed by atoms with Gasteiger partial charge in [0.05, 0.1) is 0 Å². The van der Waals surface area contributed by atoms with E-state index < -0.39 is 0 Å². The van der Waals surface area contributed by atoms with Gasteiger partial charge in [-0.25, -0.2) is 0 Å². The molecule has 4 nitrogen and oxygen atoms in total. The van der Waals surface area contributed by atoms with Crippen molar-refractivity contribution >= 4 is 29.2 Å². The molecule has 1 aromatic heterocycles. The average molecular weight is 259 g/mol. The van der Waals surface area contributed by atoms with Crippen LogP contribution in [0.2, 0.25) is 10.6 Å². The summed E-state index contributed by atoms with van der Waals surface area (Å²) < 4.78 is 0. The van der Waals surface area contributed by atoms with Crippen LogP contribution in [0.1, 0.15) is 19.3 Å². The normalized spacial score (nSPS) is 28.5. The lowest BCUT2D eigenvalue weighted by atomic mass is 10.0. The van der Waals surface area contributed by atoms with E-state index in [1.807, 2.05) is 0 Å². The zero-order valence-corrected chi connectivity index (χ0v) is 10.2. The summed E-state index contributed by atoms with van der Waals surface area (Å²) in [6.45, 7) is 2.06. The highest BCUT2D eigenvalue weighted by molar-refractivity contribution is 6.31. The van der Waals surface area contributed by atoms with Crippen molar-refractivity contribution in [3.05, 3.63) is 10.6 Å². The molecule has 2 unspecified atom stereocenters. The van der Waals surface area contributed by atoms with Gasteiger partial charge in [0.15, 0.2) is 0 Å². The molecule has 0 aromatic carbocycles. The van der Waals surface area contributed by atoms with Crippen molar-refractivity contribution in [2.75, 3.05) is 18.0 Å². The monoisotopic (exact) mass is 258 g/mol. The van der Waals surface area contributed by atoms with Crippen LogP contribution in [0.3, 0.4) is 0 Å². The Morgan fingerprint density at radius 3 is 2.06 bits per heavy atom. The SMILES string of the molecule is Clc1nc(Cl)nc(N2CC3CCCC3C2)n1. The van der Waals surface area contributed by atoms with Crippen LogP contribution >= 0.6 is 23.2 Å². The van der Waals surface area contributed by atoms with Crippen molar-refractivity contribution in [1.82, 2.24) is 15.0 Å². The topological polar surface area (TPSA) is 41.9 Å². The summed E-state index contributed by atoms with van der Waals surface area (Å²) >= 11 is 11.6. The zero-order chi connectivity index (χ0) is 11.1. The molecule has 0 radical (unpaired) electrons. The first-order valence-electron chi connectivity index (χ1n) is 5.54. The van der Waals surface area contributed by atoms with Crippen LogP contribution in [0.25, 0.3) is 0 Å². The fraction of sp³-hybridized carbons (Fsp3) is 0.700. The molecule has 0 amide bonds. The zero-order valence-electron chi connectivity index (χ0n) is 8.74. The largest absolute Gasteiger partial charge is 0.340 e. The van der Waals surface area contributed by atoms with Crippen LogP contribution in [0.15, 0.2) is 0 Å². The molecule has 0 spiro atoms. The predicted octanol–water partition coefficient (Wildman–Crippen LogP) is 2.41. The van der Waals surface area contributed by atoms with Crippen molar-refractivity contribution in [3.63, 3.8) is 0 Å². The van der Waals surface area contributed by atoms with Gasteiger partial charge in [-0.2, -0.15) is 15.0 Å². The molecule has 16 heavy (non-hydrogen) atoms. The Morgan fingerprint density at radius 2 is 1.50 bits per heavy atom. The van der Waals surface area contributed by atoms with Crippen LogP contribution < -0.4 is 4.90 Å². The summed E-state index contributed by atoms with van der Waals surface area (Å²) in [6, 6.07) is 0. The van der Waals surface area contributed by atoms with E-state index >= 15 is 0 Å². The lowest BCUT2D eigenvalue weighted by Gasteiger charge is -2.16. The third kappa shape index (κ3) is 1.84. The number of nitrogens with zero attached hydrogens (tertiary/aromatic N) is 4. The minimum absolute atomic E-state index is 0.173. The van der Waals surface area contributed by atoms with Crippen LogP contribution in [0.4, 0.5) is 5.95 Å². The van der Waals surface area contributed by atoms with E-state index in [4.69, 9.17) is 23.2 Å². The lowest BCUT2D eigenvalue weighted by Crippen LogP contribution is -2.23. The van der Waals surface area contributed by atoms with Crippen molar-refractivity contribution in [2.45, 2.75) is 19.3 Å². The number of hydrogen-bond donors (Lipinski definition) is 0. The van der Waals surface area contributed by atoms with Gasteiger partial charge in [-0.1, -0.05) is 6.42 Å².